The lowest BCUT2D eigenvalue weighted by Crippen LogP contribution is -2.02. The highest BCUT2D eigenvalue weighted by Gasteiger charge is 2.10. The Morgan fingerprint density at radius 1 is 1.00 bits per heavy atom. The first kappa shape index (κ1) is 17.9. The number of hydrogen-bond donors (Lipinski definition) is 2. The number of benzene rings is 1. The molecule has 1 aliphatic rings. The fraction of sp³-hybridized carbons (Fsp3) is 0.357. The Hall–Kier alpha value is -1.45. The molecule has 96 valence electrons. The van der Waals surface area contributed by atoms with E-state index in [1.165, 1.54) is 0 Å². The van der Waals surface area contributed by atoms with Crippen LogP contribution in [0, 0.1) is 0 Å². The molecule has 3 nitrogen and oxygen atoms in total. The van der Waals surface area contributed by atoms with Crippen molar-refractivity contribution < 1.29 is 15.0 Å². The first-order valence-corrected chi connectivity index (χ1v) is 5.56. The van der Waals surface area contributed by atoms with E-state index in [0.29, 0.717) is 6.42 Å². The Balaban J connectivity index is 0. The van der Waals surface area contributed by atoms with Gasteiger partial charge in [0.1, 0.15) is 0 Å². The molecule has 17 heavy (non-hydrogen) atoms. The minimum absolute atomic E-state index is 0.225. The van der Waals surface area contributed by atoms with Crippen LogP contribution in [0.3, 0.4) is 0 Å². The zero-order valence-electron chi connectivity index (χ0n) is 11.0. The van der Waals surface area contributed by atoms with Gasteiger partial charge in [-0.15, -0.1) is 0 Å². The van der Waals surface area contributed by atoms with Gasteiger partial charge in [-0.1, -0.05) is 50.3 Å². The Kier molecular flexibility index (Phi) is 13.3. The monoisotopic (exact) mass is 238 g/mol. The molecule has 2 N–H and O–H groups in total. The number of carbonyl (C=O) groups is 1. The molecule has 0 aliphatic heterocycles. The standard InChI is InChI=1S/C10H8O.C2H6.2CH4O/c11-10-7-3-5-8-4-1-2-6-9(8)10;3*1-2/h1-6H,7H2;1-2H3;2*2H,1H3. The largest absolute Gasteiger partial charge is 0.400 e. The van der Waals surface area contributed by atoms with E-state index >= 15 is 0 Å². The zero-order valence-corrected chi connectivity index (χ0v) is 11.0. The summed E-state index contributed by atoms with van der Waals surface area (Å²) in [6.07, 6.45) is 4.46. The molecule has 1 aromatic rings. The number of Topliss-reactive ketones (excluding diaryl/α,β-unsaturated/α-hetero) is 1. The van der Waals surface area contributed by atoms with E-state index < -0.39 is 0 Å². The lowest BCUT2D eigenvalue weighted by Gasteiger charge is -2.07. The predicted molar refractivity (Wildman–Crippen MR) is 72.1 cm³/mol. The van der Waals surface area contributed by atoms with Gasteiger partial charge in [-0.3, -0.25) is 4.79 Å². The molecule has 0 amide bonds. The van der Waals surface area contributed by atoms with E-state index in [1.54, 1.807) is 0 Å². The molecule has 0 fully saturated rings. The normalized spacial score (nSPS) is 10.6. The second-order valence-corrected chi connectivity index (χ2v) is 2.62. The Morgan fingerprint density at radius 3 is 2.06 bits per heavy atom. The molecular formula is C14H22O3. The van der Waals surface area contributed by atoms with Crippen LogP contribution in [0.15, 0.2) is 30.3 Å². The van der Waals surface area contributed by atoms with Gasteiger partial charge in [-0.05, 0) is 5.56 Å². The third kappa shape index (κ3) is 6.00. The van der Waals surface area contributed by atoms with Gasteiger partial charge >= 0.3 is 0 Å². The van der Waals surface area contributed by atoms with Crippen LogP contribution in [0.4, 0.5) is 0 Å². The quantitative estimate of drug-likeness (QED) is 0.730. The molecule has 0 unspecified atom stereocenters. The number of fused-ring (bicyclic) bond motifs is 1. The molecule has 1 aromatic carbocycles. The number of aliphatic hydroxyl groups excluding tert-OH is 2. The summed E-state index contributed by atoms with van der Waals surface area (Å²) < 4.78 is 0. The van der Waals surface area contributed by atoms with Crippen molar-refractivity contribution in [1.29, 1.82) is 0 Å². The van der Waals surface area contributed by atoms with Crippen LogP contribution in [-0.2, 0) is 0 Å². The summed E-state index contributed by atoms with van der Waals surface area (Å²) in [5.41, 5.74) is 1.90. The maximum absolute atomic E-state index is 11.2. The maximum Gasteiger partial charge on any atom is 0.167 e. The highest BCUT2D eigenvalue weighted by Crippen LogP contribution is 2.17. The van der Waals surface area contributed by atoms with Crippen molar-refractivity contribution >= 4 is 11.9 Å². The predicted octanol–water partition coefficient (Wildman–Crippen LogP) is 2.53. The van der Waals surface area contributed by atoms with Gasteiger partial charge in [-0.2, -0.15) is 0 Å². The van der Waals surface area contributed by atoms with Gasteiger partial charge in [0.25, 0.3) is 0 Å². The molecule has 0 spiro atoms. The minimum atomic E-state index is 0.225. The highest BCUT2D eigenvalue weighted by atomic mass is 16.2. The van der Waals surface area contributed by atoms with Crippen molar-refractivity contribution in [3.63, 3.8) is 0 Å². The topological polar surface area (TPSA) is 57.5 Å². The average Bonchev–Trinajstić information content (AvgIpc) is 2.46. The third-order valence-electron chi connectivity index (χ3n) is 1.86. The van der Waals surface area contributed by atoms with Gasteiger partial charge in [0.2, 0.25) is 0 Å². The summed E-state index contributed by atoms with van der Waals surface area (Å²) >= 11 is 0. The first-order valence-electron chi connectivity index (χ1n) is 5.56. The van der Waals surface area contributed by atoms with Crippen molar-refractivity contribution in [2.45, 2.75) is 20.3 Å². The fourth-order valence-corrected chi connectivity index (χ4v) is 1.30. The van der Waals surface area contributed by atoms with Gasteiger partial charge in [0, 0.05) is 26.2 Å². The van der Waals surface area contributed by atoms with Crippen LogP contribution in [0.5, 0.6) is 0 Å². The van der Waals surface area contributed by atoms with Gasteiger partial charge in [0.05, 0.1) is 0 Å². The number of carbonyl (C=O) groups excluding carboxylic acids is 1. The van der Waals surface area contributed by atoms with Crippen molar-refractivity contribution in [2.75, 3.05) is 14.2 Å². The van der Waals surface area contributed by atoms with Crippen molar-refractivity contribution in [3.8, 4) is 0 Å². The number of hydrogen-bond acceptors (Lipinski definition) is 3. The van der Waals surface area contributed by atoms with E-state index in [-0.39, 0.29) is 5.78 Å². The molecule has 2 rings (SSSR count). The summed E-state index contributed by atoms with van der Waals surface area (Å²) in [7, 11) is 2.00. The van der Waals surface area contributed by atoms with E-state index in [1.807, 2.05) is 50.3 Å². The van der Waals surface area contributed by atoms with E-state index in [9.17, 15) is 4.79 Å². The summed E-state index contributed by atoms with van der Waals surface area (Å²) in [4.78, 5) is 11.2. The molecule has 0 saturated heterocycles. The van der Waals surface area contributed by atoms with E-state index in [2.05, 4.69) is 0 Å². The number of rotatable bonds is 0. The lowest BCUT2D eigenvalue weighted by molar-refractivity contribution is 0.0994. The molecule has 0 bridgehead atoms. The van der Waals surface area contributed by atoms with Crippen LogP contribution in [0.2, 0.25) is 0 Å². The van der Waals surface area contributed by atoms with Gasteiger partial charge < -0.3 is 10.2 Å². The smallest absolute Gasteiger partial charge is 0.167 e. The van der Waals surface area contributed by atoms with Crippen LogP contribution in [0.25, 0.3) is 6.08 Å². The Bertz CT molecular complexity index is 330. The third-order valence-corrected chi connectivity index (χ3v) is 1.86. The van der Waals surface area contributed by atoms with Gasteiger partial charge in [-0.25, -0.2) is 0 Å². The first-order chi connectivity index (χ1) is 8.38. The summed E-state index contributed by atoms with van der Waals surface area (Å²) in [5, 5.41) is 14.0. The highest BCUT2D eigenvalue weighted by molar-refractivity contribution is 6.02. The number of allylic oxidation sites excluding steroid dienone is 1. The van der Waals surface area contributed by atoms with Crippen LogP contribution in [0.1, 0.15) is 36.2 Å². The summed E-state index contributed by atoms with van der Waals surface area (Å²) in [6, 6.07) is 7.68. The maximum atomic E-state index is 11.2. The van der Waals surface area contributed by atoms with Crippen LogP contribution >= 0.6 is 0 Å². The molecule has 0 atom stereocenters. The summed E-state index contributed by atoms with van der Waals surface area (Å²) in [6.45, 7) is 4.00. The Labute approximate surface area is 103 Å². The van der Waals surface area contributed by atoms with Gasteiger partial charge in [0.15, 0.2) is 5.78 Å². The second kappa shape index (κ2) is 12.6. The fourth-order valence-electron chi connectivity index (χ4n) is 1.30. The van der Waals surface area contributed by atoms with Crippen LogP contribution in [-0.4, -0.2) is 30.2 Å². The average molecular weight is 238 g/mol. The molecule has 0 heterocycles. The van der Waals surface area contributed by atoms with Crippen molar-refractivity contribution in [3.05, 3.63) is 41.5 Å². The Morgan fingerprint density at radius 2 is 1.53 bits per heavy atom. The molecule has 0 saturated carbocycles. The molecule has 3 heteroatoms. The molecular weight excluding hydrogens is 216 g/mol. The van der Waals surface area contributed by atoms with Crippen LogP contribution < -0.4 is 0 Å². The molecule has 1 aliphatic carbocycles. The number of aliphatic hydroxyl groups is 2. The van der Waals surface area contributed by atoms with E-state index in [4.69, 9.17) is 10.2 Å². The van der Waals surface area contributed by atoms with Crippen molar-refractivity contribution in [1.82, 2.24) is 0 Å². The number of ketones is 1. The lowest BCUT2D eigenvalue weighted by atomic mass is 9.97. The SMILES string of the molecule is CC.CO.CO.O=C1CC=Cc2ccccc21. The van der Waals surface area contributed by atoms with Crippen molar-refractivity contribution in [2.24, 2.45) is 0 Å². The molecule has 0 radical (unpaired) electrons. The minimum Gasteiger partial charge on any atom is -0.400 e. The summed E-state index contributed by atoms with van der Waals surface area (Å²) in [5.74, 6) is 0.225. The molecule has 0 aromatic heterocycles. The van der Waals surface area contributed by atoms with E-state index in [0.717, 1.165) is 25.3 Å². The zero-order chi connectivity index (χ0) is 13.7. The second-order valence-electron chi connectivity index (χ2n) is 2.62.